The normalized spacial score (nSPS) is 31.8. The summed E-state index contributed by atoms with van der Waals surface area (Å²) in [6.07, 6.45) is 14.6. The zero-order chi connectivity index (χ0) is 14.2. The highest BCUT2D eigenvalue weighted by Crippen LogP contribution is 2.44. The zero-order valence-corrected chi connectivity index (χ0v) is 11.7. The van der Waals surface area contributed by atoms with Crippen molar-refractivity contribution in [2.75, 3.05) is 6.54 Å². The van der Waals surface area contributed by atoms with Gasteiger partial charge in [-0.1, -0.05) is 29.7 Å². The summed E-state index contributed by atoms with van der Waals surface area (Å²) in [6, 6.07) is 4.81. The first-order chi connectivity index (χ1) is 9.68. The molecule has 3 rings (SSSR count). The van der Waals surface area contributed by atoms with E-state index < -0.39 is 5.41 Å². The van der Waals surface area contributed by atoms with Gasteiger partial charge in [0.15, 0.2) is 0 Å². The van der Waals surface area contributed by atoms with E-state index in [1.807, 2.05) is 6.07 Å². The Morgan fingerprint density at radius 3 is 2.65 bits per heavy atom. The average Bonchev–Trinajstić information content (AvgIpc) is 2.71. The Bertz CT molecular complexity index is 622. The van der Waals surface area contributed by atoms with Gasteiger partial charge in [-0.05, 0) is 24.5 Å². The lowest BCUT2D eigenvalue weighted by atomic mass is 9.71. The number of piperidine rings is 1. The summed E-state index contributed by atoms with van der Waals surface area (Å²) in [5, 5.41) is 10.3. The van der Waals surface area contributed by atoms with Crippen LogP contribution >= 0.6 is 11.6 Å². The summed E-state index contributed by atoms with van der Waals surface area (Å²) in [6.45, 7) is 0.623. The second-order valence-electron chi connectivity index (χ2n) is 5.39. The minimum absolute atomic E-state index is 0.225. The molecule has 4 heteroatoms. The molecule has 1 saturated heterocycles. The van der Waals surface area contributed by atoms with E-state index in [-0.39, 0.29) is 12.1 Å². The lowest BCUT2D eigenvalue weighted by Crippen LogP contribution is -2.49. The quantitative estimate of drug-likeness (QED) is 0.618. The highest BCUT2D eigenvalue weighted by Gasteiger charge is 2.47. The molecule has 3 heterocycles. The second-order valence-corrected chi connectivity index (χ2v) is 5.83. The van der Waals surface area contributed by atoms with E-state index in [9.17, 15) is 5.26 Å². The molecule has 1 aromatic rings. The van der Waals surface area contributed by atoms with Crippen LogP contribution in [0.1, 0.15) is 18.4 Å². The number of nitriles is 1. The summed E-state index contributed by atoms with van der Waals surface area (Å²) in [4.78, 5) is 6.40. The number of fused-ring (bicyclic) bond motifs is 2. The Hall–Kier alpha value is -1.81. The number of rotatable bonds is 2. The minimum Gasteiger partial charge on any atom is -0.279 e. The van der Waals surface area contributed by atoms with Gasteiger partial charge in [0.25, 0.3) is 0 Å². The Morgan fingerprint density at radius 1 is 1.40 bits per heavy atom. The third-order valence-corrected chi connectivity index (χ3v) is 4.47. The fourth-order valence-electron chi connectivity index (χ4n) is 3.30. The van der Waals surface area contributed by atoms with Crippen LogP contribution < -0.4 is 0 Å². The molecule has 20 heavy (non-hydrogen) atoms. The van der Waals surface area contributed by atoms with Gasteiger partial charge < -0.3 is 0 Å². The number of pyridine rings is 1. The van der Waals surface area contributed by atoms with Gasteiger partial charge in [0.2, 0.25) is 0 Å². The number of terminal acetylenes is 1. The minimum atomic E-state index is -0.526. The molecule has 100 valence electrons. The van der Waals surface area contributed by atoms with Gasteiger partial charge in [-0.15, -0.1) is 6.42 Å². The summed E-state index contributed by atoms with van der Waals surface area (Å²) in [5.41, 5.74) is 0.383. The molecular formula is C16H14ClN3. The Morgan fingerprint density at radius 2 is 2.10 bits per heavy atom. The van der Waals surface area contributed by atoms with Gasteiger partial charge in [-0.3, -0.25) is 9.88 Å². The van der Waals surface area contributed by atoms with Crippen LogP contribution in [0.5, 0.6) is 0 Å². The molecule has 2 atom stereocenters. The maximum Gasteiger partial charge on any atom is 0.0873 e. The monoisotopic (exact) mass is 283 g/mol. The van der Waals surface area contributed by atoms with Gasteiger partial charge >= 0.3 is 0 Å². The molecule has 0 spiro atoms. The molecule has 2 bridgehead atoms. The Kier molecular flexibility index (Phi) is 3.26. The predicted octanol–water partition coefficient (Wildman–Crippen LogP) is 2.53. The van der Waals surface area contributed by atoms with Crippen LogP contribution in [0, 0.1) is 23.7 Å². The second kappa shape index (κ2) is 4.94. The van der Waals surface area contributed by atoms with Gasteiger partial charge in [0.05, 0.1) is 23.1 Å². The van der Waals surface area contributed by atoms with Crippen LogP contribution in [0.3, 0.4) is 0 Å². The van der Waals surface area contributed by atoms with Crippen molar-refractivity contribution in [3.8, 4) is 18.4 Å². The first-order valence-corrected chi connectivity index (χ1v) is 6.96. The van der Waals surface area contributed by atoms with Crippen molar-refractivity contribution in [2.45, 2.75) is 30.3 Å². The fraction of sp³-hybridized carbons (Fsp3) is 0.375. The van der Waals surface area contributed by atoms with Crippen molar-refractivity contribution in [3.05, 3.63) is 41.2 Å². The van der Waals surface area contributed by atoms with E-state index in [1.54, 1.807) is 12.4 Å². The van der Waals surface area contributed by atoms with Crippen molar-refractivity contribution in [1.82, 2.24) is 9.88 Å². The molecule has 0 aliphatic carbocycles. The third kappa shape index (κ3) is 2.00. The van der Waals surface area contributed by atoms with E-state index in [1.165, 1.54) is 0 Å². The van der Waals surface area contributed by atoms with Crippen LogP contribution in [-0.2, 0) is 5.41 Å². The first kappa shape index (κ1) is 13.2. The number of hydrogen-bond donors (Lipinski definition) is 0. The summed E-state index contributed by atoms with van der Waals surface area (Å²) in [7, 11) is 0. The maximum absolute atomic E-state index is 9.76. The molecular weight excluding hydrogens is 270 g/mol. The molecule has 0 radical (unpaired) electrons. The fourth-order valence-corrected chi connectivity index (χ4v) is 3.47. The number of hydrogen-bond acceptors (Lipinski definition) is 3. The smallest absolute Gasteiger partial charge is 0.0873 e. The Balaban J connectivity index is 1.95. The van der Waals surface area contributed by atoms with Crippen molar-refractivity contribution in [1.29, 1.82) is 5.26 Å². The summed E-state index contributed by atoms with van der Waals surface area (Å²) < 4.78 is 0. The predicted molar refractivity (Wildman–Crippen MR) is 78.0 cm³/mol. The van der Waals surface area contributed by atoms with Gasteiger partial charge in [0.1, 0.15) is 0 Å². The van der Waals surface area contributed by atoms with E-state index in [0.717, 1.165) is 18.4 Å². The standard InChI is InChI=1S/C16H14ClN3/c1-2-5-20-14-3-4-15(20)8-16(7-14,11-18)12-6-13(17)10-19-9-12/h1,3-4,6,9-10,14-15H,5,7-8H2. The number of halogens is 1. The molecule has 0 saturated carbocycles. The molecule has 0 amide bonds. The zero-order valence-electron chi connectivity index (χ0n) is 11.0. The molecule has 0 aromatic carbocycles. The molecule has 3 nitrogen and oxygen atoms in total. The number of nitrogens with zero attached hydrogens (tertiary/aromatic N) is 3. The van der Waals surface area contributed by atoms with Crippen LogP contribution in [-0.4, -0.2) is 28.5 Å². The van der Waals surface area contributed by atoms with Crippen LogP contribution in [0.15, 0.2) is 30.6 Å². The van der Waals surface area contributed by atoms with Crippen molar-refractivity contribution < 1.29 is 0 Å². The van der Waals surface area contributed by atoms with Gasteiger partial charge in [-0.2, -0.15) is 5.26 Å². The van der Waals surface area contributed by atoms with Crippen LogP contribution in [0.4, 0.5) is 0 Å². The highest BCUT2D eigenvalue weighted by atomic mass is 35.5. The van der Waals surface area contributed by atoms with Crippen molar-refractivity contribution in [2.24, 2.45) is 0 Å². The lowest BCUT2D eigenvalue weighted by Gasteiger charge is -2.42. The van der Waals surface area contributed by atoms with E-state index >= 15 is 0 Å². The molecule has 1 aromatic heterocycles. The van der Waals surface area contributed by atoms with E-state index in [0.29, 0.717) is 11.6 Å². The number of aromatic nitrogens is 1. The first-order valence-electron chi connectivity index (χ1n) is 6.58. The average molecular weight is 284 g/mol. The summed E-state index contributed by atoms with van der Waals surface area (Å²) in [5.74, 6) is 2.70. The van der Waals surface area contributed by atoms with Crippen molar-refractivity contribution in [3.63, 3.8) is 0 Å². The molecule has 2 aliphatic rings. The SMILES string of the molecule is C#CCN1C2C=CC1CC(C#N)(c1cncc(Cl)c1)C2. The highest BCUT2D eigenvalue weighted by molar-refractivity contribution is 6.30. The molecule has 2 aliphatic heterocycles. The maximum atomic E-state index is 9.76. The van der Waals surface area contributed by atoms with Crippen molar-refractivity contribution >= 4 is 11.6 Å². The van der Waals surface area contributed by atoms with E-state index in [4.69, 9.17) is 18.0 Å². The van der Waals surface area contributed by atoms with Gasteiger partial charge in [0, 0.05) is 24.5 Å². The van der Waals surface area contributed by atoms with Gasteiger partial charge in [-0.25, -0.2) is 0 Å². The largest absolute Gasteiger partial charge is 0.279 e. The third-order valence-electron chi connectivity index (χ3n) is 4.27. The van der Waals surface area contributed by atoms with E-state index in [2.05, 4.69) is 34.0 Å². The topological polar surface area (TPSA) is 39.9 Å². The molecule has 0 N–H and O–H groups in total. The summed E-state index contributed by atoms with van der Waals surface area (Å²) >= 11 is 6.03. The molecule has 2 unspecified atom stereocenters. The lowest BCUT2D eigenvalue weighted by molar-refractivity contribution is 0.135. The van der Waals surface area contributed by atoms with Crippen LogP contribution in [0.25, 0.3) is 0 Å². The molecule has 1 fully saturated rings. The Labute approximate surface area is 123 Å². The van der Waals surface area contributed by atoms with Crippen LogP contribution in [0.2, 0.25) is 5.02 Å².